The fourth-order valence-corrected chi connectivity index (χ4v) is 5.28. The highest BCUT2D eigenvalue weighted by Crippen LogP contribution is 2.66. The summed E-state index contributed by atoms with van der Waals surface area (Å²) >= 11 is 0. The van der Waals surface area contributed by atoms with Gasteiger partial charge < -0.3 is 4.18 Å². The Morgan fingerprint density at radius 2 is 1.96 bits per heavy atom. The van der Waals surface area contributed by atoms with Crippen molar-refractivity contribution < 1.29 is 12.6 Å². The van der Waals surface area contributed by atoms with Gasteiger partial charge in [0, 0.05) is 10.8 Å². The molecule has 26 heavy (non-hydrogen) atoms. The molecular formula is C22H28O3S. The Balaban J connectivity index is 1.86. The molecule has 1 saturated carbocycles. The molecule has 2 aliphatic carbocycles. The summed E-state index contributed by atoms with van der Waals surface area (Å²) in [5.74, 6) is 0.897. The molecule has 4 heteroatoms. The molecule has 0 heterocycles. The molecule has 3 rings (SSSR count). The summed E-state index contributed by atoms with van der Waals surface area (Å²) < 4.78 is 31.1. The van der Waals surface area contributed by atoms with Gasteiger partial charge in [0.15, 0.2) is 0 Å². The lowest BCUT2D eigenvalue weighted by molar-refractivity contribution is 0.161. The van der Waals surface area contributed by atoms with E-state index in [1.165, 1.54) is 0 Å². The van der Waals surface area contributed by atoms with Crippen LogP contribution in [0.1, 0.15) is 45.6 Å². The molecule has 3 nitrogen and oxygen atoms in total. The van der Waals surface area contributed by atoms with Gasteiger partial charge in [0.1, 0.15) is 10.7 Å². The van der Waals surface area contributed by atoms with Crippen LogP contribution in [-0.4, -0.2) is 8.42 Å². The van der Waals surface area contributed by atoms with Gasteiger partial charge in [-0.15, -0.1) is 0 Å². The predicted molar refractivity (Wildman–Crippen MR) is 105 cm³/mol. The molecule has 0 saturated heterocycles. The Hall–Kier alpha value is -1.81. The van der Waals surface area contributed by atoms with Gasteiger partial charge in [-0.25, -0.2) is 0 Å². The fourth-order valence-electron chi connectivity index (χ4n) is 4.24. The van der Waals surface area contributed by atoms with Gasteiger partial charge in [0.2, 0.25) is 0 Å². The number of fused-ring (bicyclic) bond motifs is 2. The summed E-state index contributed by atoms with van der Waals surface area (Å²) in [6.07, 6.45) is 9.26. The lowest BCUT2D eigenvalue weighted by Gasteiger charge is -2.37. The van der Waals surface area contributed by atoms with Crippen LogP contribution < -0.4 is 0 Å². The Labute approximate surface area is 157 Å². The Bertz CT molecular complexity index is 876. The molecule has 0 amide bonds. The first-order valence-electron chi connectivity index (χ1n) is 9.14. The van der Waals surface area contributed by atoms with Crippen molar-refractivity contribution in [3.05, 3.63) is 66.0 Å². The van der Waals surface area contributed by atoms with Gasteiger partial charge >= 0.3 is 10.1 Å². The van der Waals surface area contributed by atoms with E-state index in [1.54, 1.807) is 24.3 Å². The Morgan fingerprint density at radius 1 is 1.31 bits per heavy atom. The highest BCUT2D eigenvalue weighted by molar-refractivity contribution is 7.86. The average molecular weight is 373 g/mol. The molecule has 1 fully saturated rings. The highest BCUT2D eigenvalue weighted by Gasteiger charge is 2.60. The van der Waals surface area contributed by atoms with E-state index in [9.17, 15) is 8.42 Å². The van der Waals surface area contributed by atoms with Crippen molar-refractivity contribution in [2.24, 2.45) is 16.7 Å². The van der Waals surface area contributed by atoms with Crippen LogP contribution in [-0.2, 0) is 14.3 Å². The number of aryl methyl sites for hydroxylation is 1. The maximum atomic E-state index is 12.7. The molecule has 1 aromatic carbocycles. The van der Waals surface area contributed by atoms with E-state index in [4.69, 9.17) is 4.18 Å². The lowest BCUT2D eigenvalue weighted by Crippen LogP contribution is -2.32. The molecule has 140 valence electrons. The summed E-state index contributed by atoms with van der Waals surface area (Å²) in [6, 6.07) is 6.79. The maximum absolute atomic E-state index is 12.7. The first kappa shape index (κ1) is 19.0. The highest BCUT2D eigenvalue weighted by atomic mass is 32.2. The van der Waals surface area contributed by atoms with Crippen LogP contribution in [0.4, 0.5) is 0 Å². The molecule has 3 atom stereocenters. The minimum absolute atomic E-state index is 0.124. The normalized spacial score (nSPS) is 30.6. The van der Waals surface area contributed by atoms with Gasteiger partial charge in [-0.3, -0.25) is 0 Å². The van der Waals surface area contributed by atoms with Gasteiger partial charge in [0.25, 0.3) is 0 Å². The predicted octanol–water partition coefficient (Wildman–Crippen LogP) is 5.54. The molecule has 2 aliphatic rings. The van der Waals surface area contributed by atoms with Crippen LogP contribution in [0.15, 0.2) is 65.3 Å². The van der Waals surface area contributed by atoms with Crippen molar-refractivity contribution in [2.75, 3.05) is 0 Å². The third-order valence-electron chi connectivity index (χ3n) is 6.25. The quantitative estimate of drug-likeness (QED) is 0.486. The second-order valence-corrected chi connectivity index (χ2v) is 9.75. The molecule has 0 spiro atoms. The first-order chi connectivity index (χ1) is 12.1. The molecule has 0 N–H and O–H groups in total. The third kappa shape index (κ3) is 3.05. The summed E-state index contributed by atoms with van der Waals surface area (Å²) in [7, 11) is -3.81. The van der Waals surface area contributed by atoms with Crippen LogP contribution in [0.2, 0.25) is 0 Å². The van der Waals surface area contributed by atoms with Gasteiger partial charge in [-0.05, 0) is 57.2 Å². The van der Waals surface area contributed by atoms with E-state index in [2.05, 4.69) is 32.6 Å². The Kier molecular flexibility index (Phi) is 4.68. The molecule has 0 radical (unpaired) electrons. The Morgan fingerprint density at radius 3 is 2.58 bits per heavy atom. The standard InChI is InChI=1S/C22H28O3S/c1-16(2)7-6-13-21(4)18-12-14-22(21,5)20(15-18)25-26(23,24)19-10-8-17(3)9-11-19/h6,8-11,13,15,18H,1,7,12,14H2,2-5H3/b13-6-/t18-,21+,22+/m0/s1. The van der Waals surface area contributed by atoms with Crippen molar-refractivity contribution >= 4 is 10.1 Å². The van der Waals surface area contributed by atoms with Crippen molar-refractivity contribution in [1.29, 1.82) is 0 Å². The molecule has 1 aromatic rings. The zero-order chi connectivity index (χ0) is 19.2. The number of benzene rings is 1. The van der Waals surface area contributed by atoms with Crippen molar-refractivity contribution in [3.8, 4) is 0 Å². The van der Waals surface area contributed by atoms with E-state index in [-0.39, 0.29) is 15.7 Å². The van der Waals surface area contributed by atoms with E-state index >= 15 is 0 Å². The van der Waals surface area contributed by atoms with E-state index in [0.717, 1.165) is 30.4 Å². The van der Waals surface area contributed by atoms with Crippen molar-refractivity contribution in [3.63, 3.8) is 0 Å². The maximum Gasteiger partial charge on any atom is 0.338 e. The molecule has 0 aromatic heterocycles. The van der Waals surface area contributed by atoms with Gasteiger partial charge in [0.05, 0.1) is 0 Å². The first-order valence-corrected chi connectivity index (χ1v) is 10.5. The van der Waals surface area contributed by atoms with E-state index in [1.807, 2.05) is 19.9 Å². The largest absolute Gasteiger partial charge is 0.383 e. The topological polar surface area (TPSA) is 43.4 Å². The summed E-state index contributed by atoms with van der Waals surface area (Å²) in [6.45, 7) is 12.2. The number of allylic oxidation sites excluding steroid dienone is 5. The summed E-state index contributed by atoms with van der Waals surface area (Å²) in [5.41, 5.74) is 1.71. The van der Waals surface area contributed by atoms with Crippen molar-refractivity contribution in [2.45, 2.75) is 51.9 Å². The molecule has 0 unspecified atom stereocenters. The minimum Gasteiger partial charge on any atom is -0.383 e. The fraction of sp³-hybridized carbons (Fsp3) is 0.455. The van der Waals surface area contributed by atoms with Crippen LogP contribution >= 0.6 is 0 Å². The lowest BCUT2D eigenvalue weighted by atomic mass is 9.68. The average Bonchev–Trinajstić information content (AvgIpc) is 2.90. The SMILES string of the molecule is C=C(C)C/C=C\[C@]1(C)[C@@H]2C=C(OS(=O)(=O)c3ccc(C)cc3)[C@@]1(C)CC2. The number of hydrogen-bond donors (Lipinski definition) is 0. The summed E-state index contributed by atoms with van der Waals surface area (Å²) in [4.78, 5) is 0.204. The van der Waals surface area contributed by atoms with Gasteiger partial charge in [-0.1, -0.05) is 55.8 Å². The minimum atomic E-state index is -3.81. The van der Waals surface area contributed by atoms with Gasteiger partial charge in [-0.2, -0.15) is 8.42 Å². The second kappa shape index (κ2) is 6.41. The monoisotopic (exact) mass is 372 g/mol. The third-order valence-corrected chi connectivity index (χ3v) is 7.50. The van der Waals surface area contributed by atoms with E-state index in [0.29, 0.717) is 11.7 Å². The molecular weight excluding hydrogens is 344 g/mol. The summed E-state index contributed by atoms with van der Waals surface area (Å²) in [5, 5.41) is 0. The number of hydrogen-bond acceptors (Lipinski definition) is 3. The zero-order valence-electron chi connectivity index (χ0n) is 16.1. The van der Waals surface area contributed by atoms with Crippen LogP contribution in [0.25, 0.3) is 0 Å². The molecule has 2 bridgehead atoms. The van der Waals surface area contributed by atoms with E-state index < -0.39 is 10.1 Å². The van der Waals surface area contributed by atoms with Crippen LogP contribution in [0.3, 0.4) is 0 Å². The van der Waals surface area contributed by atoms with Crippen LogP contribution in [0.5, 0.6) is 0 Å². The zero-order valence-corrected chi connectivity index (χ0v) is 16.9. The number of rotatable bonds is 6. The van der Waals surface area contributed by atoms with Crippen molar-refractivity contribution in [1.82, 2.24) is 0 Å². The van der Waals surface area contributed by atoms with Crippen LogP contribution in [0, 0.1) is 23.7 Å². The second-order valence-electron chi connectivity index (χ2n) is 8.20. The molecule has 0 aliphatic heterocycles. The smallest absolute Gasteiger partial charge is 0.338 e.